The Morgan fingerprint density at radius 3 is 2.87 bits per heavy atom. The molecule has 1 aromatic heterocycles. The summed E-state index contributed by atoms with van der Waals surface area (Å²) in [6, 6.07) is 15.6. The van der Waals surface area contributed by atoms with E-state index in [9.17, 15) is 4.79 Å². The van der Waals surface area contributed by atoms with Crippen molar-refractivity contribution in [2.45, 2.75) is 20.0 Å². The zero-order valence-corrected chi connectivity index (χ0v) is 13.6. The van der Waals surface area contributed by atoms with Crippen molar-refractivity contribution in [1.82, 2.24) is 4.98 Å². The first-order chi connectivity index (χ1) is 11.2. The Labute approximate surface area is 138 Å². The molecule has 23 heavy (non-hydrogen) atoms. The standard InChI is InChI=1S/C18H17NO3S/c1-13-5-4-6-14(11-13)21-10-9-18(20)22-12-17-19-15-7-2-3-8-16(15)23-17/h2-8,11H,9-10,12H2,1H3. The number of para-hydroxylation sites is 1. The highest BCUT2D eigenvalue weighted by Gasteiger charge is 2.08. The van der Waals surface area contributed by atoms with Crippen molar-refractivity contribution in [3.8, 4) is 5.75 Å². The lowest BCUT2D eigenvalue weighted by Crippen LogP contribution is -2.09. The largest absolute Gasteiger partial charge is 0.493 e. The summed E-state index contributed by atoms with van der Waals surface area (Å²) in [5.41, 5.74) is 2.06. The number of hydrogen-bond donors (Lipinski definition) is 0. The number of thiazole rings is 1. The van der Waals surface area contributed by atoms with Crippen LogP contribution in [0.15, 0.2) is 48.5 Å². The molecule has 0 bridgehead atoms. The zero-order chi connectivity index (χ0) is 16.1. The Morgan fingerprint density at radius 1 is 1.17 bits per heavy atom. The third-order valence-electron chi connectivity index (χ3n) is 3.26. The van der Waals surface area contributed by atoms with Gasteiger partial charge in [-0.15, -0.1) is 11.3 Å². The lowest BCUT2D eigenvalue weighted by Gasteiger charge is -2.06. The fourth-order valence-electron chi connectivity index (χ4n) is 2.15. The summed E-state index contributed by atoms with van der Waals surface area (Å²) in [4.78, 5) is 16.2. The third-order valence-corrected chi connectivity index (χ3v) is 4.27. The van der Waals surface area contributed by atoms with E-state index in [1.807, 2.05) is 55.5 Å². The van der Waals surface area contributed by atoms with E-state index < -0.39 is 0 Å². The first kappa shape index (κ1) is 15.5. The second kappa shape index (κ2) is 7.24. The van der Waals surface area contributed by atoms with Crippen molar-refractivity contribution in [2.24, 2.45) is 0 Å². The molecule has 0 spiro atoms. The minimum Gasteiger partial charge on any atom is -0.493 e. The molecule has 0 atom stereocenters. The van der Waals surface area contributed by atoms with Crippen LogP contribution in [0.3, 0.4) is 0 Å². The maximum absolute atomic E-state index is 11.8. The van der Waals surface area contributed by atoms with Gasteiger partial charge in [0.2, 0.25) is 0 Å². The molecule has 0 amide bonds. The van der Waals surface area contributed by atoms with Crippen LogP contribution < -0.4 is 4.74 Å². The molecular formula is C18H17NO3S. The summed E-state index contributed by atoms with van der Waals surface area (Å²) in [5, 5.41) is 0.805. The van der Waals surface area contributed by atoms with Gasteiger partial charge < -0.3 is 9.47 Å². The van der Waals surface area contributed by atoms with Crippen molar-refractivity contribution >= 4 is 27.5 Å². The average Bonchev–Trinajstić information content (AvgIpc) is 2.96. The molecule has 0 aliphatic rings. The number of rotatable bonds is 6. The number of aromatic nitrogens is 1. The molecule has 3 aromatic rings. The molecule has 0 saturated heterocycles. The van der Waals surface area contributed by atoms with E-state index in [2.05, 4.69) is 4.98 Å². The molecule has 0 radical (unpaired) electrons. The highest BCUT2D eigenvalue weighted by molar-refractivity contribution is 7.18. The highest BCUT2D eigenvalue weighted by atomic mass is 32.1. The maximum atomic E-state index is 11.8. The molecule has 1 heterocycles. The second-order valence-electron chi connectivity index (χ2n) is 5.15. The maximum Gasteiger partial charge on any atom is 0.309 e. The predicted octanol–water partition coefficient (Wildman–Crippen LogP) is 4.12. The summed E-state index contributed by atoms with van der Waals surface area (Å²) >= 11 is 1.54. The highest BCUT2D eigenvalue weighted by Crippen LogP contribution is 2.22. The van der Waals surface area contributed by atoms with Crippen molar-refractivity contribution in [2.75, 3.05) is 6.61 Å². The molecule has 4 nitrogen and oxygen atoms in total. The van der Waals surface area contributed by atoms with Crippen LogP contribution in [0.2, 0.25) is 0 Å². The molecular weight excluding hydrogens is 310 g/mol. The molecule has 0 unspecified atom stereocenters. The van der Waals surface area contributed by atoms with Crippen molar-refractivity contribution in [3.05, 3.63) is 59.1 Å². The van der Waals surface area contributed by atoms with Crippen LogP contribution >= 0.6 is 11.3 Å². The van der Waals surface area contributed by atoms with E-state index in [1.165, 1.54) is 0 Å². The number of ether oxygens (including phenoxy) is 2. The van der Waals surface area contributed by atoms with E-state index in [1.54, 1.807) is 11.3 Å². The lowest BCUT2D eigenvalue weighted by atomic mass is 10.2. The van der Waals surface area contributed by atoms with E-state index in [-0.39, 0.29) is 19.0 Å². The molecule has 3 rings (SSSR count). The van der Waals surface area contributed by atoms with Gasteiger partial charge in [0.25, 0.3) is 0 Å². The number of esters is 1. The Hall–Kier alpha value is -2.40. The number of aryl methyl sites for hydroxylation is 1. The van der Waals surface area contributed by atoms with E-state index >= 15 is 0 Å². The lowest BCUT2D eigenvalue weighted by molar-refractivity contribution is -0.145. The predicted molar refractivity (Wildman–Crippen MR) is 90.7 cm³/mol. The van der Waals surface area contributed by atoms with Gasteiger partial charge in [0.05, 0.1) is 23.2 Å². The van der Waals surface area contributed by atoms with E-state index in [0.29, 0.717) is 6.61 Å². The number of carbonyl (C=O) groups is 1. The van der Waals surface area contributed by atoms with Crippen molar-refractivity contribution in [1.29, 1.82) is 0 Å². The third kappa shape index (κ3) is 4.29. The van der Waals surface area contributed by atoms with Crippen LogP contribution in [0.25, 0.3) is 10.2 Å². The van der Waals surface area contributed by atoms with Gasteiger partial charge in [-0.3, -0.25) is 4.79 Å². The first-order valence-electron chi connectivity index (χ1n) is 7.40. The monoisotopic (exact) mass is 327 g/mol. The molecule has 0 aliphatic heterocycles. The molecule has 2 aromatic carbocycles. The number of benzene rings is 2. The molecule has 0 fully saturated rings. The van der Waals surface area contributed by atoms with Crippen LogP contribution in [-0.4, -0.2) is 17.6 Å². The van der Waals surface area contributed by atoms with Crippen LogP contribution in [0.5, 0.6) is 5.75 Å². The first-order valence-corrected chi connectivity index (χ1v) is 8.22. The van der Waals surface area contributed by atoms with Gasteiger partial charge in [0.15, 0.2) is 0 Å². The van der Waals surface area contributed by atoms with Gasteiger partial charge in [0, 0.05) is 0 Å². The zero-order valence-electron chi connectivity index (χ0n) is 12.8. The number of fused-ring (bicyclic) bond motifs is 1. The number of hydrogen-bond acceptors (Lipinski definition) is 5. The summed E-state index contributed by atoms with van der Waals surface area (Å²) in [5.74, 6) is 0.487. The van der Waals surface area contributed by atoms with Crippen LogP contribution in [0.1, 0.15) is 17.0 Å². The van der Waals surface area contributed by atoms with Gasteiger partial charge in [-0.2, -0.15) is 0 Å². The minimum atomic E-state index is -0.281. The van der Waals surface area contributed by atoms with Crippen LogP contribution in [0.4, 0.5) is 0 Å². The minimum absolute atomic E-state index is 0.211. The molecule has 0 N–H and O–H groups in total. The smallest absolute Gasteiger partial charge is 0.309 e. The fraction of sp³-hybridized carbons (Fsp3) is 0.222. The summed E-state index contributed by atoms with van der Waals surface area (Å²) in [7, 11) is 0. The molecule has 0 aliphatic carbocycles. The van der Waals surface area contributed by atoms with Crippen molar-refractivity contribution in [3.63, 3.8) is 0 Å². The average molecular weight is 327 g/mol. The summed E-state index contributed by atoms with van der Waals surface area (Å²) in [6.45, 7) is 2.52. The number of carbonyl (C=O) groups excluding carboxylic acids is 1. The topological polar surface area (TPSA) is 48.4 Å². The normalized spacial score (nSPS) is 10.7. The van der Waals surface area contributed by atoms with Crippen molar-refractivity contribution < 1.29 is 14.3 Å². The van der Waals surface area contributed by atoms with Gasteiger partial charge in [-0.1, -0.05) is 24.3 Å². The van der Waals surface area contributed by atoms with E-state index in [0.717, 1.165) is 26.5 Å². The molecule has 118 valence electrons. The Morgan fingerprint density at radius 2 is 2.04 bits per heavy atom. The van der Waals surface area contributed by atoms with E-state index in [4.69, 9.17) is 9.47 Å². The Bertz CT molecular complexity index is 780. The van der Waals surface area contributed by atoms with Crippen LogP contribution in [0, 0.1) is 6.92 Å². The number of nitrogens with zero attached hydrogens (tertiary/aromatic N) is 1. The van der Waals surface area contributed by atoms with Gasteiger partial charge in [-0.05, 0) is 36.8 Å². The Balaban J connectivity index is 1.44. The summed E-state index contributed by atoms with van der Waals surface area (Å²) in [6.07, 6.45) is 0.221. The van der Waals surface area contributed by atoms with Crippen LogP contribution in [-0.2, 0) is 16.1 Å². The quantitative estimate of drug-likeness (QED) is 0.639. The second-order valence-corrected chi connectivity index (χ2v) is 6.27. The molecule has 0 saturated carbocycles. The molecule has 5 heteroatoms. The van der Waals surface area contributed by atoms with Gasteiger partial charge >= 0.3 is 5.97 Å². The Kier molecular flexibility index (Phi) is 4.88. The van der Waals surface area contributed by atoms with Gasteiger partial charge in [0.1, 0.15) is 17.4 Å². The van der Waals surface area contributed by atoms with Gasteiger partial charge in [-0.25, -0.2) is 4.98 Å². The fourth-order valence-corrected chi connectivity index (χ4v) is 3.03. The summed E-state index contributed by atoms with van der Waals surface area (Å²) < 4.78 is 11.9. The SMILES string of the molecule is Cc1cccc(OCCC(=O)OCc2nc3ccccc3s2)c1.